The topological polar surface area (TPSA) is 69.6 Å². The van der Waals surface area contributed by atoms with Crippen LogP contribution in [-0.2, 0) is 0 Å². The van der Waals surface area contributed by atoms with E-state index in [1.165, 1.54) is 11.8 Å². The second kappa shape index (κ2) is 7.54. The minimum Gasteiger partial charge on any atom is -0.419 e. The Morgan fingerprint density at radius 2 is 1.89 bits per heavy atom. The van der Waals surface area contributed by atoms with E-state index in [-0.39, 0.29) is 5.25 Å². The molecule has 27 heavy (non-hydrogen) atoms. The predicted octanol–water partition coefficient (Wildman–Crippen LogP) is 5.13. The summed E-state index contributed by atoms with van der Waals surface area (Å²) in [5.74, 6) is 1.04. The molecule has 8 heteroatoms. The van der Waals surface area contributed by atoms with Gasteiger partial charge in [0.15, 0.2) is 5.16 Å². The van der Waals surface area contributed by atoms with Crippen LogP contribution < -0.4 is 0 Å². The van der Waals surface area contributed by atoms with Crippen molar-refractivity contribution < 1.29 is 4.42 Å². The Morgan fingerprint density at radius 1 is 1.07 bits per heavy atom. The molecule has 136 valence electrons. The number of benzene rings is 2. The third-order valence-corrected chi connectivity index (χ3v) is 5.49. The van der Waals surface area contributed by atoms with Gasteiger partial charge in [-0.2, -0.15) is 0 Å². The molecule has 0 saturated heterocycles. The lowest BCUT2D eigenvalue weighted by Crippen LogP contribution is -1.98. The quantitative estimate of drug-likeness (QED) is 0.434. The molecular weight excluding hydrogens is 382 g/mol. The summed E-state index contributed by atoms with van der Waals surface area (Å²) in [4.78, 5) is 0. The average Bonchev–Trinajstić information content (AvgIpc) is 3.34. The van der Waals surface area contributed by atoms with Crippen LogP contribution >= 0.6 is 23.4 Å². The summed E-state index contributed by atoms with van der Waals surface area (Å²) in [5.41, 5.74) is 2.82. The number of hydrogen-bond acceptors (Lipinski definition) is 6. The Kier molecular flexibility index (Phi) is 4.96. The van der Waals surface area contributed by atoms with Crippen molar-refractivity contribution in [3.05, 3.63) is 71.3 Å². The molecule has 0 aliphatic heterocycles. The average molecular weight is 398 g/mol. The van der Waals surface area contributed by atoms with Crippen molar-refractivity contribution in [1.82, 2.24) is 25.0 Å². The van der Waals surface area contributed by atoms with Gasteiger partial charge in [-0.1, -0.05) is 47.6 Å². The largest absolute Gasteiger partial charge is 0.419 e. The smallest absolute Gasteiger partial charge is 0.247 e. The van der Waals surface area contributed by atoms with E-state index in [0.717, 1.165) is 22.0 Å². The maximum atomic E-state index is 6.25. The fourth-order valence-electron chi connectivity index (χ4n) is 2.52. The molecule has 1 unspecified atom stereocenters. The van der Waals surface area contributed by atoms with Crippen molar-refractivity contribution in [2.45, 2.75) is 24.3 Å². The second-order valence-corrected chi connectivity index (χ2v) is 7.70. The number of nitrogens with zero attached hydrogens (tertiary/aromatic N) is 5. The van der Waals surface area contributed by atoms with Crippen LogP contribution in [0.3, 0.4) is 0 Å². The lowest BCUT2D eigenvalue weighted by atomic mass is 10.2. The van der Waals surface area contributed by atoms with E-state index in [4.69, 9.17) is 16.0 Å². The zero-order valence-electron chi connectivity index (χ0n) is 14.7. The Balaban J connectivity index is 1.56. The van der Waals surface area contributed by atoms with E-state index in [9.17, 15) is 0 Å². The van der Waals surface area contributed by atoms with Crippen molar-refractivity contribution in [1.29, 1.82) is 0 Å². The summed E-state index contributed by atoms with van der Waals surface area (Å²) in [7, 11) is 0. The van der Waals surface area contributed by atoms with Crippen molar-refractivity contribution in [3.63, 3.8) is 0 Å². The maximum absolute atomic E-state index is 6.25. The van der Waals surface area contributed by atoms with Gasteiger partial charge in [0.25, 0.3) is 0 Å². The van der Waals surface area contributed by atoms with E-state index in [0.29, 0.717) is 16.8 Å². The molecule has 2 aromatic heterocycles. The number of rotatable bonds is 5. The van der Waals surface area contributed by atoms with Crippen LogP contribution in [0.1, 0.15) is 23.6 Å². The molecule has 0 saturated carbocycles. The Hall–Kier alpha value is -2.64. The molecular formula is C19H16ClN5OS. The molecule has 4 rings (SSSR count). The first-order valence-electron chi connectivity index (χ1n) is 8.34. The normalized spacial score (nSPS) is 12.3. The number of aryl methyl sites for hydroxylation is 1. The summed E-state index contributed by atoms with van der Waals surface area (Å²) in [6.45, 7) is 3.96. The zero-order chi connectivity index (χ0) is 18.8. The van der Waals surface area contributed by atoms with E-state index < -0.39 is 0 Å². The van der Waals surface area contributed by atoms with Gasteiger partial charge >= 0.3 is 0 Å². The molecule has 1 atom stereocenters. The van der Waals surface area contributed by atoms with Crippen LogP contribution in [0.4, 0.5) is 0 Å². The van der Waals surface area contributed by atoms with Gasteiger partial charge in [-0.25, -0.2) is 0 Å². The van der Waals surface area contributed by atoms with Gasteiger partial charge in [0, 0.05) is 10.6 Å². The number of aromatic nitrogens is 5. The standard InChI is InChI=1S/C19H16ClN5OS/c1-12-8-9-15(10-16(12)20)25-11-21-24-19(25)27-13(2)17-22-23-18(26-17)14-6-4-3-5-7-14/h3-11,13H,1-2H3. The summed E-state index contributed by atoms with van der Waals surface area (Å²) in [6, 6.07) is 15.6. The SMILES string of the molecule is Cc1ccc(-n2cnnc2SC(C)c2nnc(-c3ccccc3)o2)cc1Cl. The van der Waals surface area contributed by atoms with Crippen molar-refractivity contribution in [2.75, 3.05) is 0 Å². The van der Waals surface area contributed by atoms with E-state index in [2.05, 4.69) is 20.4 Å². The van der Waals surface area contributed by atoms with Gasteiger partial charge in [-0.05, 0) is 43.7 Å². The Bertz CT molecular complexity index is 1060. The number of thioether (sulfide) groups is 1. The van der Waals surface area contributed by atoms with Crippen LogP contribution in [0, 0.1) is 6.92 Å². The van der Waals surface area contributed by atoms with Gasteiger partial charge < -0.3 is 4.42 Å². The summed E-state index contributed by atoms with van der Waals surface area (Å²) >= 11 is 7.74. The summed E-state index contributed by atoms with van der Waals surface area (Å²) in [6.07, 6.45) is 1.67. The van der Waals surface area contributed by atoms with Crippen LogP contribution in [-0.4, -0.2) is 25.0 Å². The molecule has 0 amide bonds. The van der Waals surface area contributed by atoms with Crippen LogP contribution in [0.5, 0.6) is 0 Å². The van der Waals surface area contributed by atoms with Gasteiger partial charge in [0.05, 0.1) is 10.9 Å². The van der Waals surface area contributed by atoms with E-state index in [1.54, 1.807) is 6.33 Å². The maximum Gasteiger partial charge on any atom is 0.247 e. The monoisotopic (exact) mass is 397 g/mol. The lowest BCUT2D eigenvalue weighted by Gasteiger charge is -2.10. The highest BCUT2D eigenvalue weighted by atomic mass is 35.5. The molecule has 4 aromatic rings. The number of hydrogen-bond donors (Lipinski definition) is 0. The number of halogens is 1. The van der Waals surface area contributed by atoms with Crippen LogP contribution in [0.25, 0.3) is 17.1 Å². The molecule has 0 aliphatic carbocycles. The molecule has 2 aromatic carbocycles. The minimum atomic E-state index is -0.0844. The highest BCUT2D eigenvalue weighted by molar-refractivity contribution is 7.99. The summed E-state index contributed by atoms with van der Waals surface area (Å²) in [5, 5.41) is 17.9. The second-order valence-electron chi connectivity index (χ2n) is 5.99. The highest BCUT2D eigenvalue weighted by Gasteiger charge is 2.19. The van der Waals surface area contributed by atoms with Gasteiger partial charge in [-0.15, -0.1) is 20.4 Å². The molecule has 0 radical (unpaired) electrons. The third-order valence-electron chi connectivity index (χ3n) is 4.04. The first-order valence-corrected chi connectivity index (χ1v) is 9.59. The van der Waals surface area contributed by atoms with Gasteiger partial charge in [0.1, 0.15) is 6.33 Å². The fraction of sp³-hybridized carbons (Fsp3) is 0.158. The first-order chi connectivity index (χ1) is 13.1. The fourth-order valence-corrected chi connectivity index (χ4v) is 3.57. The lowest BCUT2D eigenvalue weighted by molar-refractivity contribution is 0.509. The highest BCUT2D eigenvalue weighted by Crippen LogP contribution is 2.35. The molecule has 0 spiro atoms. The molecule has 0 N–H and O–H groups in total. The van der Waals surface area contributed by atoms with Crippen molar-refractivity contribution in [3.8, 4) is 17.1 Å². The molecule has 0 fully saturated rings. The van der Waals surface area contributed by atoms with E-state index in [1.807, 2.05) is 66.9 Å². The van der Waals surface area contributed by atoms with Gasteiger partial charge in [0.2, 0.25) is 11.8 Å². The molecule has 0 aliphatic rings. The Morgan fingerprint density at radius 3 is 2.67 bits per heavy atom. The molecule has 6 nitrogen and oxygen atoms in total. The minimum absolute atomic E-state index is 0.0844. The van der Waals surface area contributed by atoms with Crippen molar-refractivity contribution in [2.24, 2.45) is 0 Å². The Labute approximate surface area is 165 Å². The molecule has 2 heterocycles. The molecule has 0 bridgehead atoms. The van der Waals surface area contributed by atoms with E-state index >= 15 is 0 Å². The third kappa shape index (κ3) is 3.74. The summed E-state index contributed by atoms with van der Waals surface area (Å²) < 4.78 is 7.73. The first kappa shape index (κ1) is 17.8. The predicted molar refractivity (Wildman–Crippen MR) is 105 cm³/mol. The van der Waals surface area contributed by atoms with Crippen LogP contribution in [0.15, 0.2) is 64.4 Å². The van der Waals surface area contributed by atoms with Crippen molar-refractivity contribution >= 4 is 23.4 Å². The van der Waals surface area contributed by atoms with Crippen LogP contribution in [0.2, 0.25) is 5.02 Å². The van der Waals surface area contributed by atoms with Gasteiger partial charge in [-0.3, -0.25) is 4.57 Å². The zero-order valence-corrected chi connectivity index (χ0v) is 16.3.